The van der Waals surface area contributed by atoms with Gasteiger partial charge in [-0.2, -0.15) is 0 Å². The van der Waals surface area contributed by atoms with Gasteiger partial charge in [0.05, 0.1) is 17.6 Å². The zero-order valence-corrected chi connectivity index (χ0v) is 8.56. The molecule has 5 heteroatoms. The first kappa shape index (κ1) is 10.4. The molecular weight excluding hydrogens is 186 g/mol. The maximum absolute atomic E-state index is 11.1. The fourth-order valence-corrected chi connectivity index (χ4v) is 1.87. The number of nitrogens with one attached hydrogen (secondary N) is 1. The summed E-state index contributed by atoms with van der Waals surface area (Å²) in [7, 11) is 1.63. The van der Waals surface area contributed by atoms with Gasteiger partial charge in [-0.15, -0.1) is 0 Å². The van der Waals surface area contributed by atoms with Crippen LogP contribution < -0.4 is 11.1 Å². The molecule has 1 saturated heterocycles. The molecule has 0 aromatic carbocycles. The molecule has 1 aliphatic rings. The van der Waals surface area contributed by atoms with E-state index >= 15 is 0 Å². The Morgan fingerprint density at radius 1 is 1.77 bits per heavy atom. The molecule has 0 aliphatic carbocycles. The number of rotatable bonds is 3. The molecule has 1 unspecified atom stereocenters. The topological polar surface area (TPSA) is 58.4 Å². The van der Waals surface area contributed by atoms with Crippen LogP contribution in [-0.4, -0.2) is 42.0 Å². The van der Waals surface area contributed by atoms with Crippen LogP contribution in [0.15, 0.2) is 0 Å². The third-order valence-electron chi connectivity index (χ3n) is 2.32. The number of hydrogen-bond acceptors (Lipinski definition) is 3. The molecule has 4 nitrogen and oxygen atoms in total. The van der Waals surface area contributed by atoms with Crippen LogP contribution in [0.1, 0.15) is 12.8 Å². The Morgan fingerprint density at radius 2 is 2.46 bits per heavy atom. The molecule has 1 amide bonds. The summed E-state index contributed by atoms with van der Waals surface area (Å²) in [5.41, 5.74) is 5.56. The summed E-state index contributed by atoms with van der Waals surface area (Å²) >= 11 is 4.93. The largest absolute Gasteiger partial charge is 0.392 e. The molecule has 1 fully saturated rings. The van der Waals surface area contributed by atoms with Crippen molar-refractivity contribution in [1.29, 1.82) is 0 Å². The number of likely N-dealkylation sites (tertiary alicyclic amines) is 1. The molecule has 0 aromatic heterocycles. The first-order valence-corrected chi connectivity index (χ1v) is 4.80. The second-order valence-corrected chi connectivity index (χ2v) is 3.68. The fourth-order valence-electron chi connectivity index (χ4n) is 1.60. The molecule has 74 valence electrons. The Labute approximate surface area is 83.5 Å². The van der Waals surface area contributed by atoms with E-state index in [1.165, 1.54) is 0 Å². The monoisotopic (exact) mass is 201 g/mol. The van der Waals surface area contributed by atoms with Crippen LogP contribution >= 0.6 is 12.2 Å². The Balaban J connectivity index is 2.48. The summed E-state index contributed by atoms with van der Waals surface area (Å²) < 4.78 is 0. The lowest BCUT2D eigenvalue weighted by Gasteiger charge is -2.21. The van der Waals surface area contributed by atoms with Gasteiger partial charge in [0, 0.05) is 7.05 Å². The van der Waals surface area contributed by atoms with Gasteiger partial charge in [0.1, 0.15) is 0 Å². The second-order valence-electron chi connectivity index (χ2n) is 3.20. The van der Waals surface area contributed by atoms with Crippen molar-refractivity contribution in [3.8, 4) is 0 Å². The van der Waals surface area contributed by atoms with Gasteiger partial charge < -0.3 is 11.1 Å². The number of carbonyl (C=O) groups excluding carboxylic acids is 1. The van der Waals surface area contributed by atoms with Crippen LogP contribution in [0, 0.1) is 0 Å². The summed E-state index contributed by atoms with van der Waals surface area (Å²) in [6.07, 6.45) is 2.05. The molecular formula is C8H15N3OS. The molecule has 0 bridgehead atoms. The highest BCUT2D eigenvalue weighted by atomic mass is 32.1. The first-order chi connectivity index (χ1) is 6.15. The molecule has 0 saturated carbocycles. The molecule has 13 heavy (non-hydrogen) atoms. The summed E-state index contributed by atoms with van der Waals surface area (Å²) in [6, 6.07) is 0.118. The van der Waals surface area contributed by atoms with E-state index in [9.17, 15) is 4.79 Å². The van der Waals surface area contributed by atoms with Gasteiger partial charge >= 0.3 is 0 Å². The highest BCUT2D eigenvalue weighted by Gasteiger charge is 2.27. The van der Waals surface area contributed by atoms with Gasteiger partial charge in [-0.1, -0.05) is 12.2 Å². The molecule has 0 spiro atoms. The Kier molecular flexibility index (Phi) is 3.62. The minimum absolute atomic E-state index is 0.0168. The minimum atomic E-state index is 0.0168. The summed E-state index contributed by atoms with van der Waals surface area (Å²) in [5.74, 6) is 0.0168. The summed E-state index contributed by atoms with van der Waals surface area (Å²) in [4.78, 5) is 13.6. The Bertz CT molecular complexity index is 219. The number of amides is 1. The fraction of sp³-hybridized carbons (Fsp3) is 0.750. The third kappa shape index (κ3) is 2.63. The van der Waals surface area contributed by atoms with E-state index in [1.807, 2.05) is 4.90 Å². The molecule has 1 heterocycles. The van der Waals surface area contributed by atoms with Gasteiger partial charge in [-0.05, 0) is 19.4 Å². The predicted octanol–water partition coefficient (Wildman–Crippen LogP) is -0.517. The van der Waals surface area contributed by atoms with Crippen molar-refractivity contribution in [2.75, 3.05) is 20.1 Å². The van der Waals surface area contributed by atoms with Crippen LogP contribution in [0.25, 0.3) is 0 Å². The first-order valence-electron chi connectivity index (χ1n) is 4.39. The van der Waals surface area contributed by atoms with Gasteiger partial charge in [0.2, 0.25) is 5.91 Å². The minimum Gasteiger partial charge on any atom is -0.392 e. The number of likely N-dealkylation sites (N-methyl/N-ethyl adjacent to an activating group) is 1. The number of thiocarbonyl (C=S) groups is 1. The zero-order chi connectivity index (χ0) is 9.84. The van der Waals surface area contributed by atoms with Crippen LogP contribution in [0.5, 0.6) is 0 Å². The standard InChI is InChI=1S/C8H15N3OS/c1-10-7(12)5-11-4-2-3-6(11)8(9)13/h6H,2-5H2,1H3,(H2,9,13)(H,10,12). The maximum Gasteiger partial charge on any atom is 0.233 e. The van der Waals surface area contributed by atoms with Crippen LogP contribution in [0.2, 0.25) is 0 Å². The number of hydrogen-bond donors (Lipinski definition) is 2. The summed E-state index contributed by atoms with van der Waals surface area (Å²) in [5, 5.41) is 2.59. The maximum atomic E-state index is 11.1. The quantitative estimate of drug-likeness (QED) is 0.603. The Morgan fingerprint density at radius 3 is 3.00 bits per heavy atom. The van der Waals surface area contributed by atoms with Crippen LogP contribution in [0.3, 0.4) is 0 Å². The SMILES string of the molecule is CNC(=O)CN1CCCC1C(N)=S. The van der Waals surface area contributed by atoms with Crippen LogP contribution in [-0.2, 0) is 4.79 Å². The van der Waals surface area contributed by atoms with Gasteiger partial charge in [-0.25, -0.2) is 0 Å². The van der Waals surface area contributed by atoms with Crippen molar-refractivity contribution >= 4 is 23.1 Å². The summed E-state index contributed by atoms with van der Waals surface area (Å²) in [6.45, 7) is 1.31. The molecule has 0 radical (unpaired) electrons. The molecule has 1 aliphatic heterocycles. The van der Waals surface area contributed by atoms with E-state index in [0.717, 1.165) is 19.4 Å². The van der Waals surface area contributed by atoms with Gasteiger partial charge in [0.25, 0.3) is 0 Å². The predicted molar refractivity (Wildman–Crippen MR) is 55.4 cm³/mol. The van der Waals surface area contributed by atoms with E-state index in [0.29, 0.717) is 11.5 Å². The van der Waals surface area contributed by atoms with Gasteiger partial charge in [-0.3, -0.25) is 9.69 Å². The van der Waals surface area contributed by atoms with E-state index in [2.05, 4.69) is 5.32 Å². The van der Waals surface area contributed by atoms with Crippen molar-refractivity contribution < 1.29 is 4.79 Å². The lowest BCUT2D eigenvalue weighted by Crippen LogP contribution is -2.44. The molecule has 1 rings (SSSR count). The number of nitrogens with zero attached hydrogens (tertiary/aromatic N) is 1. The second kappa shape index (κ2) is 4.53. The number of nitrogens with two attached hydrogens (primary N) is 1. The normalized spacial score (nSPS) is 23.0. The van der Waals surface area contributed by atoms with E-state index in [1.54, 1.807) is 7.05 Å². The van der Waals surface area contributed by atoms with Crippen molar-refractivity contribution in [3.63, 3.8) is 0 Å². The van der Waals surface area contributed by atoms with Crippen molar-refractivity contribution in [3.05, 3.63) is 0 Å². The highest BCUT2D eigenvalue weighted by molar-refractivity contribution is 7.80. The van der Waals surface area contributed by atoms with Crippen LogP contribution in [0.4, 0.5) is 0 Å². The van der Waals surface area contributed by atoms with E-state index in [4.69, 9.17) is 18.0 Å². The van der Waals surface area contributed by atoms with Crippen molar-refractivity contribution in [2.45, 2.75) is 18.9 Å². The van der Waals surface area contributed by atoms with E-state index < -0.39 is 0 Å². The molecule has 3 N–H and O–H groups in total. The third-order valence-corrected chi connectivity index (χ3v) is 2.59. The molecule has 1 atom stereocenters. The van der Waals surface area contributed by atoms with Gasteiger partial charge in [0.15, 0.2) is 0 Å². The zero-order valence-electron chi connectivity index (χ0n) is 7.75. The lowest BCUT2D eigenvalue weighted by molar-refractivity contribution is -0.121. The van der Waals surface area contributed by atoms with E-state index in [-0.39, 0.29) is 11.9 Å². The average Bonchev–Trinajstić information content (AvgIpc) is 2.52. The Hall–Kier alpha value is -0.680. The smallest absolute Gasteiger partial charge is 0.233 e. The average molecular weight is 201 g/mol. The molecule has 0 aromatic rings. The lowest BCUT2D eigenvalue weighted by atomic mass is 10.2. The highest BCUT2D eigenvalue weighted by Crippen LogP contribution is 2.16. The number of carbonyl (C=O) groups is 1. The van der Waals surface area contributed by atoms with Crippen molar-refractivity contribution in [2.24, 2.45) is 5.73 Å². The van der Waals surface area contributed by atoms with Crippen molar-refractivity contribution in [1.82, 2.24) is 10.2 Å².